The number of carboxylic acids is 1. The van der Waals surface area contributed by atoms with E-state index in [1.54, 1.807) is 12.1 Å². The van der Waals surface area contributed by atoms with Gasteiger partial charge >= 0.3 is 5.97 Å². The number of nitrogens with zero attached hydrogens (tertiary/aromatic N) is 2. The van der Waals surface area contributed by atoms with Gasteiger partial charge < -0.3 is 19.2 Å². The molecule has 1 amide bonds. The molecule has 2 aromatic rings. The SMILES string of the molecule is COCCN(Cc1ccco1)C(=O)c1cc(C(=O)O)cc([N+](=O)[O-])c1. The van der Waals surface area contributed by atoms with Gasteiger partial charge in [-0.3, -0.25) is 14.9 Å². The molecule has 2 rings (SSSR count). The molecule has 1 aromatic heterocycles. The number of carboxylic acid groups (broad SMARTS) is 1. The van der Waals surface area contributed by atoms with E-state index in [9.17, 15) is 19.7 Å². The monoisotopic (exact) mass is 348 g/mol. The van der Waals surface area contributed by atoms with Gasteiger partial charge in [0.05, 0.1) is 29.9 Å². The molecule has 0 saturated carbocycles. The largest absolute Gasteiger partial charge is 0.478 e. The van der Waals surface area contributed by atoms with E-state index < -0.39 is 22.5 Å². The Kier molecular flexibility index (Phi) is 5.85. The van der Waals surface area contributed by atoms with Gasteiger partial charge in [0, 0.05) is 31.4 Å². The van der Waals surface area contributed by atoms with Crippen LogP contribution in [0.1, 0.15) is 26.5 Å². The van der Waals surface area contributed by atoms with Crippen molar-refractivity contribution in [3.8, 4) is 0 Å². The van der Waals surface area contributed by atoms with Crippen LogP contribution in [0.25, 0.3) is 0 Å². The maximum atomic E-state index is 12.7. The Labute approximate surface area is 142 Å². The maximum Gasteiger partial charge on any atom is 0.335 e. The Morgan fingerprint density at radius 1 is 1.32 bits per heavy atom. The highest BCUT2D eigenvalue weighted by molar-refractivity contribution is 5.98. The minimum absolute atomic E-state index is 0.0886. The van der Waals surface area contributed by atoms with Crippen LogP contribution < -0.4 is 0 Å². The maximum absolute atomic E-state index is 12.7. The number of hydrogen-bond acceptors (Lipinski definition) is 6. The molecule has 0 saturated heterocycles. The summed E-state index contributed by atoms with van der Waals surface area (Å²) in [6.07, 6.45) is 1.46. The minimum Gasteiger partial charge on any atom is -0.478 e. The topological polar surface area (TPSA) is 123 Å². The van der Waals surface area contributed by atoms with Gasteiger partial charge in [-0.1, -0.05) is 0 Å². The van der Waals surface area contributed by atoms with Gasteiger partial charge in [0.15, 0.2) is 0 Å². The molecule has 1 N–H and O–H groups in total. The molecule has 0 atom stereocenters. The normalized spacial score (nSPS) is 10.4. The van der Waals surface area contributed by atoms with Crippen LogP contribution >= 0.6 is 0 Å². The van der Waals surface area contributed by atoms with Crippen molar-refractivity contribution in [1.82, 2.24) is 4.90 Å². The Balaban J connectivity index is 2.36. The fourth-order valence-electron chi connectivity index (χ4n) is 2.19. The second-order valence-corrected chi connectivity index (χ2v) is 5.13. The third kappa shape index (κ3) is 4.64. The predicted octanol–water partition coefficient (Wildman–Crippen LogP) is 2.17. The number of methoxy groups -OCH3 is 1. The molecule has 25 heavy (non-hydrogen) atoms. The molecular formula is C16H16N2O7. The highest BCUT2D eigenvalue weighted by atomic mass is 16.6. The van der Waals surface area contributed by atoms with Gasteiger partial charge in [-0.25, -0.2) is 4.79 Å². The standard InChI is InChI=1S/C16H16N2O7/c1-24-6-4-17(10-14-3-2-5-25-14)15(19)11-7-12(16(20)21)9-13(8-11)18(22)23/h2-3,5,7-9H,4,6,10H2,1H3,(H,20,21). The zero-order valence-electron chi connectivity index (χ0n) is 13.4. The summed E-state index contributed by atoms with van der Waals surface area (Å²) < 4.78 is 10.2. The number of ether oxygens (including phenoxy) is 1. The summed E-state index contributed by atoms with van der Waals surface area (Å²) in [6, 6.07) is 6.43. The van der Waals surface area contributed by atoms with Crippen molar-refractivity contribution in [2.24, 2.45) is 0 Å². The number of benzene rings is 1. The zero-order chi connectivity index (χ0) is 18.4. The summed E-state index contributed by atoms with van der Waals surface area (Å²) in [5.74, 6) is -1.39. The molecule has 0 unspecified atom stereocenters. The fraction of sp³-hybridized carbons (Fsp3) is 0.250. The summed E-state index contributed by atoms with van der Waals surface area (Å²) in [5, 5.41) is 20.1. The predicted molar refractivity (Wildman–Crippen MR) is 85.4 cm³/mol. The first-order valence-corrected chi connectivity index (χ1v) is 7.25. The smallest absolute Gasteiger partial charge is 0.335 e. The number of carbonyl (C=O) groups is 2. The van der Waals surface area contributed by atoms with E-state index in [1.807, 2.05) is 0 Å². The molecule has 0 aliphatic rings. The first kappa shape index (κ1) is 18.1. The van der Waals surface area contributed by atoms with Crippen molar-refractivity contribution in [2.45, 2.75) is 6.54 Å². The molecule has 9 nitrogen and oxygen atoms in total. The Bertz CT molecular complexity index is 739. The van der Waals surface area contributed by atoms with E-state index in [-0.39, 0.29) is 30.8 Å². The molecule has 0 fully saturated rings. The first-order valence-electron chi connectivity index (χ1n) is 7.25. The first-order chi connectivity index (χ1) is 11.9. The summed E-state index contributed by atoms with van der Waals surface area (Å²) >= 11 is 0. The summed E-state index contributed by atoms with van der Waals surface area (Å²) in [4.78, 5) is 35.5. The minimum atomic E-state index is -1.35. The van der Waals surface area contributed by atoms with Crippen molar-refractivity contribution < 1.29 is 28.8 Å². The Hall–Kier alpha value is -3.20. The van der Waals surface area contributed by atoms with Gasteiger partial charge in [-0.2, -0.15) is 0 Å². The van der Waals surface area contributed by atoms with E-state index in [1.165, 1.54) is 18.3 Å². The quantitative estimate of drug-likeness (QED) is 0.573. The number of rotatable bonds is 8. The van der Waals surface area contributed by atoms with E-state index in [4.69, 9.17) is 14.3 Å². The lowest BCUT2D eigenvalue weighted by atomic mass is 10.1. The summed E-state index contributed by atoms with van der Waals surface area (Å²) in [6.45, 7) is 0.578. The molecular weight excluding hydrogens is 332 g/mol. The third-order valence-electron chi connectivity index (χ3n) is 3.40. The molecule has 1 heterocycles. The number of amides is 1. The lowest BCUT2D eigenvalue weighted by Crippen LogP contribution is -2.33. The van der Waals surface area contributed by atoms with E-state index in [0.29, 0.717) is 5.76 Å². The number of furan rings is 1. The van der Waals surface area contributed by atoms with E-state index >= 15 is 0 Å². The molecule has 0 radical (unpaired) electrons. The lowest BCUT2D eigenvalue weighted by Gasteiger charge is -2.21. The van der Waals surface area contributed by atoms with Crippen LogP contribution in [-0.2, 0) is 11.3 Å². The van der Waals surface area contributed by atoms with Crippen LogP contribution in [0.4, 0.5) is 5.69 Å². The van der Waals surface area contributed by atoms with Crippen LogP contribution in [0.5, 0.6) is 0 Å². The van der Waals surface area contributed by atoms with Crippen LogP contribution in [0.3, 0.4) is 0 Å². The second kappa shape index (κ2) is 8.06. The average molecular weight is 348 g/mol. The van der Waals surface area contributed by atoms with Crippen molar-refractivity contribution in [1.29, 1.82) is 0 Å². The second-order valence-electron chi connectivity index (χ2n) is 5.13. The molecule has 1 aromatic carbocycles. The summed E-state index contributed by atoms with van der Waals surface area (Å²) in [5.41, 5.74) is -0.885. The third-order valence-corrected chi connectivity index (χ3v) is 3.40. The number of aromatic carboxylic acids is 1. The number of nitro groups is 1. The highest BCUT2D eigenvalue weighted by Crippen LogP contribution is 2.20. The van der Waals surface area contributed by atoms with Gasteiger partial charge in [0.1, 0.15) is 5.76 Å². The van der Waals surface area contributed by atoms with Crippen LogP contribution in [0.2, 0.25) is 0 Å². The number of hydrogen-bond donors (Lipinski definition) is 1. The average Bonchev–Trinajstić information content (AvgIpc) is 3.10. The molecule has 0 bridgehead atoms. The van der Waals surface area contributed by atoms with E-state index in [2.05, 4.69) is 0 Å². The summed E-state index contributed by atoms with van der Waals surface area (Å²) in [7, 11) is 1.48. The van der Waals surface area contributed by atoms with Crippen LogP contribution in [-0.4, -0.2) is 47.1 Å². The van der Waals surface area contributed by atoms with Gasteiger partial charge in [0.25, 0.3) is 11.6 Å². The van der Waals surface area contributed by atoms with Gasteiger partial charge in [0.2, 0.25) is 0 Å². The van der Waals surface area contributed by atoms with Crippen molar-refractivity contribution in [3.05, 3.63) is 63.6 Å². The highest BCUT2D eigenvalue weighted by Gasteiger charge is 2.22. The fourth-order valence-corrected chi connectivity index (χ4v) is 2.19. The molecule has 0 spiro atoms. The van der Waals surface area contributed by atoms with E-state index in [0.717, 1.165) is 18.2 Å². The lowest BCUT2D eigenvalue weighted by molar-refractivity contribution is -0.384. The van der Waals surface area contributed by atoms with Gasteiger partial charge in [-0.15, -0.1) is 0 Å². The van der Waals surface area contributed by atoms with Gasteiger partial charge in [-0.05, 0) is 18.2 Å². The number of nitro benzene ring substituents is 1. The van der Waals surface area contributed by atoms with Crippen molar-refractivity contribution in [3.63, 3.8) is 0 Å². The molecule has 9 heteroatoms. The molecule has 0 aliphatic heterocycles. The number of non-ortho nitro benzene ring substituents is 1. The van der Waals surface area contributed by atoms with Crippen LogP contribution in [0.15, 0.2) is 41.0 Å². The zero-order valence-corrected chi connectivity index (χ0v) is 13.4. The molecule has 132 valence electrons. The number of carbonyl (C=O) groups excluding carboxylic acids is 1. The van der Waals surface area contributed by atoms with Crippen molar-refractivity contribution in [2.75, 3.05) is 20.3 Å². The Morgan fingerprint density at radius 2 is 2.04 bits per heavy atom. The van der Waals surface area contributed by atoms with Crippen molar-refractivity contribution >= 4 is 17.6 Å². The van der Waals surface area contributed by atoms with Crippen LogP contribution in [0, 0.1) is 10.1 Å². The molecule has 0 aliphatic carbocycles. The Morgan fingerprint density at radius 3 is 2.60 bits per heavy atom.